The summed E-state index contributed by atoms with van der Waals surface area (Å²) in [6, 6.07) is 5.81. The standard InChI is InChI=1S/C13H16ClN3/c1-13(4-5-13)17-7-9-6-10(14)2-3-11(9)16-12(15)8-17/h2-3,6H,4-5,7-8H2,1H3,(H2,15,16). The van der Waals surface area contributed by atoms with E-state index in [9.17, 15) is 0 Å². The molecule has 2 aliphatic rings. The molecule has 3 rings (SSSR count). The second-order valence-corrected chi connectivity index (χ2v) is 5.67. The topological polar surface area (TPSA) is 41.6 Å². The number of amidine groups is 1. The molecular formula is C13H16ClN3. The van der Waals surface area contributed by atoms with Gasteiger partial charge in [-0.05, 0) is 43.5 Å². The van der Waals surface area contributed by atoms with Gasteiger partial charge in [0.05, 0.1) is 12.2 Å². The van der Waals surface area contributed by atoms with Crippen LogP contribution in [0.15, 0.2) is 23.2 Å². The van der Waals surface area contributed by atoms with E-state index in [1.807, 2.05) is 18.2 Å². The Hall–Kier alpha value is -1.06. The smallest absolute Gasteiger partial charge is 0.114 e. The van der Waals surface area contributed by atoms with Crippen LogP contribution in [0, 0.1) is 0 Å². The third-order valence-corrected chi connectivity index (χ3v) is 3.99. The van der Waals surface area contributed by atoms with Crippen molar-refractivity contribution in [1.82, 2.24) is 4.90 Å². The zero-order valence-corrected chi connectivity index (χ0v) is 10.7. The van der Waals surface area contributed by atoms with Crippen LogP contribution in [0.25, 0.3) is 0 Å². The Morgan fingerprint density at radius 3 is 2.82 bits per heavy atom. The van der Waals surface area contributed by atoms with Crippen molar-refractivity contribution in [2.75, 3.05) is 6.54 Å². The molecule has 1 aromatic carbocycles. The van der Waals surface area contributed by atoms with Crippen LogP contribution in [0.2, 0.25) is 5.02 Å². The number of aliphatic imine (C=N–C) groups is 1. The van der Waals surface area contributed by atoms with Gasteiger partial charge in [-0.3, -0.25) is 4.90 Å². The minimum Gasteiger partial charge on any atom is -0.386 e. The van der Waals surface area contributed by atoms with E-state index in [1.165, 1.54) is 18.4 Å². The van der Waals surface area contributed by atoms with Crippen LogP contribution in [0.5, 0.6) is 0 Å². The van der Waals surface area contributed by atoms with Crippen molar-refractivity contribution in [2.45, 2.75) is 31.8 Å². The van der Waals surface area contributed by atoms with Crippen molar-refractivity contribution < 1.29 is 0 Å². The van der Waals surface area contributed by atoms with Gasteiger partial charge in [0, 0.05) is 17.1 Å². The number of hydrogen-bond donors (Lipinski definition) is 1. The summed E-state index contributed by atoms with van der Waals surface area (Å²) >= 11 is 6.05. The molecule has 0 aromatic heterocycles. The normalized spacial score (nSPS) is 22.6. The first-order valence-corrected chi connectivity index (χ1v) is 6.31. The van der Waals surface area contributed by atoms with Gasteiger partial charge < -0.3 is 5.73 Å². The summed E-state index contributed by atoms with van der Waals surface area (Å²) in [4.78, 5) is 6.88. The maximum atomic E-state index is 6.05. The summed E-state index contributed by atoms with van der Waals surface area (Å²) < 4.78 is 0. The maximum Gasteiger partial charge on any atom is 0.114 e. The molecule has 0 radical (unpaired) electrons. The minimum atomic E-state index is 0.310. The molecule has 0 spiro atoms. The zero-order valence-electron chi connectivity index (χ0n) is 9.91. The molecule has 0 amide bonds. The molecule has 1 aromatic rings. The van der Waals surface area contributed by atoms with Gasteiger partial charge in [-0.2, -0.15) is 0 Å². The molecule has 1 fully saturated rings. The first-order valence-electron chi connectivity index (χ1n) is 5.93. The largest absolute Gasteiger partial charge is 0.386 e. The second kappa shape index (κ2) is 3.72. The molecule has 2 N–H and O–H groups in total. The molecule has 4 heteroatoms. The number of rotatable bonds is 1. The zero-order chi connectivity index (χ0) is 12.0. The fraction of sp³-hybridized carbons (Fsp3) is 0.462. The Morgan fingerprint density at radius 2 is 2.12 bits per heavy atom. The molecule has 0 unspecified atom stereocenters. The van der Waals surface area contributed by atoms with E-state index in [2.05, 4.69) is 16.8 Å². The lowest BCUT2D eigenvalue weighted by atomic mass is 10.1. The summed E-state index contributed by atoms with van der Waals surface area (Å²) in [5.41, 5.74) is 8.42. The summed E-state index contributed by atoms with van der Waals surface area (Å²) in [7, 11) is 0. The quantitative estimate of drug-likeness (QED) is 0.832. The van der Waals surface area contributed by atoms with E-state index in [0.717, 1.165) is 23.8 Å². The Morgan fingerprint density at radius 1 is 1.35 bits per heavy atom. The van der Waals surface area contributed by atoms with Gasteiger partial charge >= 0.3 is 0 Å². The number of halogens is 1. The van der Waals surface area contributed by atoms with Gasteiger partial charge in [0.25, 0.3) is 0 Å². The van der Waals surface area contributed by atoms with Crippen molar-refractivity contribution in [2.24, 2.45) is 10.7 Å². The average Bonchev–Trinajstić information content (AvgIpc) is 3.02. The highest BCUT2D eigenvalue weighted by atomic mass is 35.5. The van der Waals surface area contributed by atoms with Crippen LogP contribution in [0.4, 0.5) is 5.69 Å². The van der Waals surface area contributed by atoms with Crippen LogP contribution in [0.3, 0.4) is 0 Å². The molecular weight excluding hydrogens is 234 g/mol. The molecule has 1 saturated carbocycles. The van der Waals surface area contributed by atoms with Crippen molar-refractivity contribution >= 4 is 23.1 Å². The Kier molecular flexibility index (Phi) is 2.42. The van der Waals surface area contributed by atoms with Gasteiger partial charge in [0.15, 0.2) is 0 Å². The first kappa shape index (κ1) is 11.1. The molecule has 90 valence electrons. The predicted octanol–water partition coefficient (Wildman–Crippen LogP) is 2.70. The molecule has 17 heavy (non-hydrogen) atoms. The highest BCUT2D eigenvalue weighted by molar-refractivity contribution is 6.30. The van der Waals surface area contributed by atoms with Crippen LogP contribution >= 0.6 is 11.6 Å². The number of benzene rings is 1. The Balaban J connectivity index is 2.00. The second-order valence-electron chi connectivity index (χ2n) is 5.23. The molecule has 0 saturated heterocycles. The average molecular weight is 250 g/mol. The summed E-state index contributed by atoms with van der Waals surface area (Å²) in [6.07, 6.45) is 2.49. The summed E-state index contributed by atoms with van der Waals surface area (Å²) in [6.45, 7) is 3.93. The van der Waals surface area contributed by atoms with Crippen molar-refractivity contribution in [1.29, 1.82) is 0 Å². The highest BCUT2D eigenvalue weighted by Crippen LogP contribution is 2.43. The lowest BCUT2D eigenvalue weighted by molar-refractivity contribution is 0.212. The van der Waals surface area contributed by atoms with E-state index in [0.29, 0.717) is 11.4 Å². The number of fused-ring (bicyclic) bond motifs is 1. The van der Waals surface area contributed by atoms with Gasteiger partial charge in [-0.15, -0.1) is 0 Å². The van der Waals surface area contributed by atoms with Crippen molar-refractivity contribution in [3.8, 4) is 0 Å². The van der Waals surface area contributed by atoms with Crippen molar-refractivity contribution in [3.63, 3.8) is 0 Å². The molecule has 1 aliphatic heterocycles. The van der Waals surface area contributed by atoms with E-state index in [4.69, 9.17) is 17.3 Å². The van der Waals surface area contributed by atoms with Gasteiger partial charge in [0.1, 0.15) is 5.84 Å². The molecule has 0 atom stereocenters. The Bertz CT molecular complexity index is 491. The highest BCUT2D eigenvalue weighted by Gasteiger charge is 2.43. The van der Waals surface area contributed by atoms with E-state index < -0.39 is 0 Å². The molecule has 0 bridgehead atoms. The lowest BCUT2D eigenvalue weighted by Gasteiger charge is -2.27. The van der Waals surface area contributed by atoms with Crippen LogP contribution in [0.1, 0.15) is 25.3 Å². The van der Waals surface area contributed by atoms with Crippen LogP contribution in [-0.4, -0.2) is 22.8 Å². The summed E-state index contributed by atoms with van der Waals surface area (Å²) in [5.74, 6) is 0.694. The SMILES string of the molecule is CC1(N2CC(N)=Nc3ccc(Cl)cc3C2)CC1. The summed E-state index contributed by atoms with van der Waals surface area (Å²) in [5, 5.41) is 0.764. The van der Waals surface area contributed by atoms with Gasteiger partial charge in [-0.25, -0.2) is 4.99 Å². The lowest BCUT2D eigenvalue weighted by Crippen LogP contribution is -2.39. The van der Waals surface area contributed by atoms with Gasteiger partial charge in [-0.1, -0.05) is 11.6 Å². The molecule has 1 heterocycles. The number of hydrogen-bond acceptors (Lipinski definition) is 3. The van der Waals surface area contributed by atoms with Crippen LogP contribution < -0.4 is 5.73 Å². The monoisotopic (exact) mass is 249 g/mol. The van der Waals surface area contributed by atoms with E-state index in [1.54, 1.807) is 0 Å². The fourth-order valence-corrected chi connectivity index (χ4v) is 2.51. The van der Waals surface area contributed by atoms with E-state index in [-0.39, 0.29) is 0 Å². The predicted molar refractivity (Wildman–Crippen MR) is 70.8 cm³/mol. The first-order chi connectivity index (χ1) is 8.07. The molecule has 1 aliphatic carbocycles. The van der Waals surface area contributed by atoms with E-state index >= 15 is 0 Å². The number of nitrogens with two attached hydrogens (primary N) is 1. The minimum absolute atomic E-state index is 0.310. The maximum absolute atomic E-state index is 6.05. The van der Waals surface area contributed by atoms with Gasteiger partial charge in [0.2, 0.25) is 0 Å². The molecule has 3 nitrogen and oxygen atoms in total. The Labute approximate surface area is 106 Å². The number of nitrogens with zero attached hydrogens (tertiary/aromatic N) is 2. The fourth-order valence-electron chi connectivity index (χ4n) is 2.32. The van der Waals surface area contributed by atoms with Crippen LogP contribution in [-0.2, 0) is 6.54 Å². The van der Waals surface area contributed by atoms with Crippen molar-refractivity contribution in [3.05, 3.63) is 28.8 Å². The third kappa shape index (κ3) is 2.05. The third-order valence-electron chi connectivity index (χ3n) is 3.76.